The van der Waals surface area contributed by atoms with Gasteiger partial charge in [0.15, 0.2) is 5.41 Å². The molecule has 4 heteroatoms. The molecule has 0 aromatic rings. The molecule has 88 valence electrons. The van der Waals surface area contributed by atoms with Gasteiger partial charge in [0.1, 0.15) is 0 Å². The third-order valence-corrected chi connectivity index (χ3v) is 2.87. The molecule has 0 N–H and O–H groups in total. The van der Waals surface area contributed by atoms with Crippen LogP contribution in [0.1, 0.15) is 32.1 Å². The van der Waals surface area contributed by atoms with E-state index in [-0.39, 0.29) is 0 Å². The Morgan fingerprint density at radius 3 is 1.75 bits per heavy atom. The third-order valence-electron chi connectivity index (χ3n) is 2.87. The second-order valence-electron chi connectivity index (χ2n) is 3.79. The van der Waals surface area contributed by atoms with E-state index in [9.17, 15) is 9.59 Å². The predicted octanol–water partition coefficient (Wildman–Crippen LogP) is 2.31. The summed E-state index contributed by atoms with van der Waals surface area (Å²) in [6, 6.07) is 0. The maximum atomic E-state index is 11.8. The highest BCUT2D eigenvalue weighted by atomic mass is 16.5. The molecule has 0 aliphatic heterocycles. The highest BCUT2D eigenvalue weighted by molar-refractivity contribution is 6.00. The molecule has 0 saturated heterocycles. The molecule has 0 unspecified atom stereocenters. The summed E-state index contributed by atoms with van der Waals surface area (Å²) in [6.45, 7) is 6.63. The highest BCUT2D eigenvalue weighted by Crippen LogP contribution is 2.38. The van der Waals surface area contributed by atoms with Crippen molar-refractivity contribution in [2.75, 3.05) is 0 Å². The Hall–Kier alpha value is -1.58. The first-order valence-corrected chi connectivity index (χ1v) is 5.31. The fraction of sp³-hybridized carbons (Fsp3) is 0.500. The van der Waals surface area contributed by atoms with Crippen LogP contribution in [0.25, 0.3) is 0 Å². The Morgan fingerprint density at radius 2 is 1.38 bits per heavy atom. The molecule has 0 radical (unpaired) electrons. The van der Waals surface area contributed by atoms with Crippen molar-refractivity contribution >= 4 is 11.9 Å². The van der Waals surface area contributed by atoms with Crippen LogP contribution < -0.4 is 0 Å². The van der Waals surface area contributed by atoms with Gasteiger partial charge in [-0.25, -0.2) is 0 Å². The van der Waals surface area contributed by atoms with Gasteiger partial charge in [0.05, 0.1) is 12.5 Å². The Balaban J connectivity index is 2.90. The first kappa shape index (κ1) is 12.5. The lowest BCUT2D eigenvalue weighted by atomic mass is 9.74. The molecular weight excluding hydrogens is 208 g/mol. The van der Waals surface area contributed by atoms with Gasteiger partial charge in [0.25, 0.3) is 0 Å². The van der Waals surface area contributed by atoms with Crippen molar-refractivity contribution in [1.82, 2.24) is 0 Å². The maximum absolute atomic E-state index is 11.8. The van der Waals surface area contributed by atoms with Gasteiger partial charge < -0.3 is 9.47 Å². The Labute approximate surface area is 94.9 Å². The van der Waals surface area contributed by atoms with Crippen LogP contribution in [0, 0.1) is 5.41 Å². The van der Waals surface area contributed by atoms with Gasteiger partial charge in [-0.05, 0) is 12.8 Å². The van der Waals surface area contributed by atoms with Crippen molar-refractivity contribution in [3.05, 3.63) is 25.7 Å². The first-order valence-electron chi connectivity index (χ1n) is 5.31. The Kier molecular flexibility index (Phi) is 4.28. The van der Waals surface area contributed by atoms with Crippen LogP contribution in [-0.2, 0) is 19.1 Å². The van der Waals surface area contributed by atoms with Gasteiger partial charge in [-0.3, -0.25) is 9.59 Å². The topological polar surface area (TPSA) is 52.6 Å². The zero-order chi connectivity index (χ0) is 12.0. The zero-order valence-electron chi connectivity index (χ0n) is 9.24. The molecule has 0 aromatic heterocycles. The quantitative estimate of drug-likeness (QED) is 0.417. The van der Waals surface area contributed by atoms with Gasteiger partial charge >= 0.3 is 11.9 Å². The number of carbonyl (C=O) groups is 2. The molecule has 1 fully saturated rings. The number of rotatable bonds is 4. The zero-order valence-corrected chi connectivity index (χ0v) is 9.24. The lowest BCUT2D eigenvalue weighted by molar-refractivity contribution is -0.168. The summed E-state index contributed by atoms with van der Waals surface area (Å²) in [6.07, 6.45) is 5.67. The van der Waals surface area contributed by atoms with E-state index in [1.54, 1.807) is 0 Å². The summed E-state index contributed by atoms with van der Waals surface area (Å²) in [5.74, 6) is -1.15. The van der Waals surface area contributed by atoms with Gasteiger partial charge in [-0.1, -0.05) is 32.4 Å². The van der Waals surface area contributed by atoms with Crippen molar-refractivity contribution in [2.24, 2.45) is 5.41 Å². The summed E-state index contributed by atoms with van der Waals surface area (Å²) < 4.78 is 9.48. The van der Waals surface area contributed by atoms with Crippen molar-refractivity contribution < 1.29 is 19.1 Å². The Morgan fingerprint density at radius 1 is 0.938 bits per heavy atom. The van der Waals surface area contributed by atoms with Crippen LogP contribution >= 0.6 is 0 Å². The van der Waals surface area contributed by atoms with E-state index < -0.39 is 17.4 Å². The summed E-state index contributed by atoms with van der Waals surface area (Å²) >= 11 is 0. The standard InChI is InChI=1S/C12H16O4/c1-3-15-10(13)12(11(14)16-4-2)8-6-5-7-9-12/h3-4H,1-2,5-9H2. The maximum Gasteiger partial charge on any atom is 0.328 e. The molecule has 1 saturated carbocycles. The van der Waals surface area contributed by atoms with Crippen LogP contribution in [0.3, 0.4) is 0 Å². The molecular formula is C12H16O4. The van der Waals surface area contributed by atoms with E-state index in [2.05, 4.69) is 13.2 Å². The van der Waals surface area contributed by atoms with Crippen LogP contribution in [0.5, 0.6) is 0 Å². The largest absolute Gasteiger partial charge is 0.434 e. The highest BCUT2D eigenvalue weighted by Gasteiger charge is 2.49. The molecule has 16 heavy (non-hydrogen) atoms. The molecule has 1 rings (SSSR count). The van der Waals surface area contributed by atoms with Crippen molar-refractivity contribution in [3.63, 3.8) is 0 Å². The average Bonchev–Trinajstić information content (AvgIpc) is 2.30. The van der Waals surface area contributed by atoms with Crippen LogP contribution in [0.4, 0.5) is 0 Å². The average molecular weight is 224 g/mol. The molecule has 1 aliphatic rings. The summed E-state index contributed by atoms with van der Waals surface area (Å²) in [5.41, 5.74) is -1.17. The third kappa shape index (κ3) is 2.32. The molecule has 0 heterocycles. The number of hydrogen-bond acceptors (Lipinski definition) is 4. The molecule has 4 nitrogen and oxygen atoms in total. The second kappa shape index (κ2) is 5.49. The second-order valence-corrected chi connectivity index (χ2v) is 3.79. The van der Waals surface area contributed by atoms with Gasteiger partial charge in [-0.15, -0.1) is 0 Å². The van der Waals surface area contributed by atoms with E-state index in [1.807, 2.05) is 0 Å². The lowest BCUT2D eigenvalue weighted by Crippen LogP contribution is -2.42. The monoisotopic (exact) mass is 224 g/mol. The van der Waals surface area contributed by atoms with E-state index >= 15 is 0 Å². The fourth-order valence-electron chi connectivity index (χ4n) is 2.02. The summed E-state index contributed by atoms with van der Waals surface area (Å²) in [5, 5.41) is 0. The molecule has 0 spiro atoms. The Bertz CT molecular complexity index is 276. The van der Waals surface area contributed by atoms with Crippen LogP contribution in [0.2, 0.25) is 0 Å². The van der Waals surface area contributed by atoms with E-state index in [0.29, 0.717) is 12.8 Å². The summed E-state index contributed by atoms with van der Waals surface area (Å²) in [7, 11) is 0. The van der Waals surface area contributed by atoms with Crippen molar-refractivity contribution in [1.29, 1.82) is 0 Å². The molecule has 0 atom stereocenters. The number of hydrogen-bond donors (Lipinski definition) is 0. The smallest absolute Gasteiger partial charge is 0.328 e. The number of carbonyl (C=O) groups excluding carboxylic acids is 2. The lowest BCUT2D eigenvalue weighted by Gasteiger charge is -2.31. The normalized spacial score (nSPS) is 18.2. The van der Waals surface area contributed by atoms with Crippen LogP contribution in [-0.4, -0.2) is 11.9 Å². The van der Waals surface area contributed by atoms with E-state index in [4.69, 9.17) is 9.47 Å². The molecule has 1 aliphatic carbocycles. The summed E-state index contributed by atoms with van der Waals surface area (Å²) in [4.78, 5) is 23.6. The van der Waals surface area contributed by atoms with Crippen LogP contribution in [0.15, 0.2) is 25.7 Å². The molecule has 0 aromatic carbocycles. The van der Waals surface area contributed by atoms with Crippen molar-refractivity contribution in [3.8, 4) is 0 Å². The minimum Gasteiger partial charge on any atom is -0.434 e. The molecule has 0 amide bonds. The van der Waals surface area contributed by atoms with E-state index in [0.717, 1.165) is 31.8 Å². The molecule has 0 bridgehead atoms. The van der Waals surface area contributed by atoms with Crippen molar-refractivity contribution in [2.45, 2.75) is 32.1 Å². The van der Waals surface area contributed by atoms with E-state index in [1.165, 1.54) is 0 Å². The minimum atomic E-state index is -1.17. The first-order chi connectivity index (χ1) is 7.67. The van der Waals surface area contributed by atoms with Gasteiger partial charge in [0.2, 0.25) is 0 Å². The number of esters is 2. The predicted molar refractivity (Wildman–Crippen MR) is 58.1 cm³/mol. The van der Waals surface area contributed by atoms with Gasteiger partial charge in [0, 0.05) is 0 Å². The fourth-order valence-corrected chi connectivity index (χ4v) is 2.02. The van der Waals surface area contributed by atoms with Gasteiger partial charge in [-0.2, -0.15) is 0 Å². The minimum absolute atomic E-state index is 0.465. The number of ether oxygens (including phenoxy) is 2. The SMILES string of the molecule is C=COC(=O)C1(C(=O)OC=C)CCCCC1.